The van der Waals surface area contributed by atoms with Crippen molar-refractivity contribution in [3.05, 3.63) is 42.5 Å². The van der Waals surface area contributed by atoms with Gasteiger partial charge in [-0.15, -0.1) is 0 Å². The van der Waals surface area contributed by atoms with Gasteiger partial charge in [-0.1, -0.05) is 24.8 Å². The fraction of sp³-hybridized carbons (Fsp3) is 0.333. The summed E-state index contributed by atoms with van der Waals surface area (Å²) >= 11 is 0. The molecule has 0 atom stereocenters. The summed E-state index contributed by atoms with van der Waals surface area (Å²) in [6.45, 7) is 4.64. The van der Waals surface area contributed by atoms with Gasteiger partial charge in [0.15, 0.2) is 0 Å². The minimum absolute atomic E-state index is 0.123. The van der Waals surface area contributed by atoms with Crippen LogP contribution < -0.4 is 10.2 Å². The molecule has 2 amide bonds. The van der Waals surface area contributed by atoms with Gasteiger partial charge in [0.05, 0.1) is 0 Å². The van der Waals surface area contributed by atoms with Crippen molar-refractivity contribution in [3.63, 3.8) is 0 Å². The van der Waals surface area contributed by atoms with Crippen molar-refractivity contribution in [1.29, 1.82) is 0 Å². The molecule has 100 valence electrons. The summed E-state index contributed by atoms with van der Waals surface area (Å²) in [6, 6.07) is 8.00. The van der Waals surface area contributed by atoms with Crippen LogP contribution >= 0.6 is 0 Å². The molecule has 1 aliphatic rings. The van der Waals surface area contributed by atoms with Crippen molar-refractivity contribution in [2.24, 2.45) is 0 Å². The summed E-state index contributed by atoms with van der Waals surface area (Å²) in [4.78, 5) is 24.9. The van der Waals surface area contributed by atoms with Crippen molar-refractivity contribution < 1.29 is 9.59 Å². The predicted molar refractivity (Wildman–Crippen MR) is 74.9 cm³/mol. The van der Waals surface area contributed by atoms with E-state index < -0.39 is 0 Å². The van der Waals surface area contributed by atoms with E-state index in [0.717, 1.165) is 18.7 Å². The smallest absolute Gasteiger partial charge is 0.243 e. The van der Waals surface area contributed by atoms with E-state index in [-0.39, 0.29) is 11.8 Å². The summed E-state index contributed by atoms with van der Waals surface area (Å²) in [6.07, 6.45) is 3.26. The van der Waals surface area contributed by atoms with Crippen LogP contribution in [0.15, 0.2) is 36.9 Å². The molecule has 1 aromatic rings. The maximum Gasteiger partial charge on any atom is 0.243 e. The molecular weight excluding hydrogens is 240 g/mol. The van der Waals surface area contributed by atoms with E-state index >= 15 is 0 Å². The molecule has 0 saturated heterocycles. The van der Waals surface area contributed by atoms with Crippen LogP contribution in [0.2, 0.25) is 0 Å². The second-order valence-corrected chi connectivity index (χ2v) is 4.52. The zero-order valence-corrected chi connectivity index (χ0v) is 10.9. The number of nitrogens with zero attached hydrogens (tertiary/aromatic N) is 1. The van der Waals surface area contributed by atoms with Gasteiger partial charge in [-0.05, 0) is 30.5 Å². The fourth-order valence-corrected chi connectivity index (χ4v) is 2.26. The van der Waals surface area contributed by atoms with Gasteiger partial charge in [0.2, 0.25) is 11.8 Å². The van der Waals surface area contributed by atoms with Crippen molar-refractivity contribution in [3.8, 4) is 0 Å². The lowest BCUT2D eigenvalue weighted by Crippen LogP contribution is -2.30. The van der Waals surface area contributed by atoms with Crippen molar-refractivity contribution in [2.45, 2.75) is 19.3 Å². The highest BCUT2D eigenvalue weighted by Gasteiger charge is 2.23. The topological polar surface area (TPSA) is 49.4 Å². The first kappa shape index (κ1) is 13.3. The molecule has 0 unspecified atom stereocenters. The fourth-order valence-electron chi connectivity index (χ4n) is 2.26. The van der Waals surface area contributed by atoms with Crippen LogP contribution in [0.3, 0.4) is 0 Å². The van der Waals surface area contributed by atoms with Gasteiger partial charge < -0.3 is 10.2 Å². The number of benzene rings is 1. The van der Waals surface area contributed by atoms with Gasteiger partial charge in [0.25, 0.3) is 0 Å². The number of para-hydroxylation sites is 1. The van der Waals surface area contributed by atoms with Gasteiger partial charge in [0, 0.05) is 25.2 Å². The summed E-state index contributed by atoms with van der Waals surface area (Å²) in [5.41, 5.74) is 2.26. The number of hydrogen-bond donors (Lipinski definition) is 1. The normalized spacial score (nSPS) is 12.9. The first-order chi connectivity index (χ1) is 9.22. The molecule has 0 aromatic heterocycles. The zero-order chi connectivity index (χ0) is 13.7. The highest BCUT2D eigenvalue weighted by atomic mass is 16.2. The molecule has 0 saturated carbocycles. The number of anilines is 1. The van der Waals surface area contributed by atoms with Crippen LogP contribution in [0.5, 0.6) is 0 Å². The Hall–Kier alpha value is -2.10. The molecule has 0 aliphatic carbocycles. The second kappa shape index (κ2) is 6.18. The average molecular weight is 258 g/mol. The molecular formula is C15H18N2O2. The standard InChI is InChI=1S/C15H18N2O2/c1-2-14(18)16-10-5-8-15(19)17-11-9-12-6-3-4-7-13(12)17/h2-4,6-7H,1,5,8-11H2,(H,16,18). The maximum atomic E-state index is 12.1. The summed E-state index contributed by atoms with van der Waals surface area (Å²) in [5, 5.41) is 2.67. The minimum atomic E-state index is -0.195. The van der Waals surface area contributed by atoms with Crippen LogP contribution in [0, 0.1) is 0 Å². The highest BCUT2D eigenvalue weighted by Crippen LogP contribution is 2.27. The third-order valence-corrected chi connectivity index (χ3v) is 3.24. The monoisotopic (exact) mass is 258 g/mol. The largest absolute Gasteiger partial charge is 0.353 e. The lowest BCUT2D eigenvalue weighted by molar-refractivity contribution is -0.119. The molecule has 1 N–H and O–H groups in total. The number of fused-ring (bicyclic) bond motifs is 1. The summed E-state index contributed by atoms with van der Waals surface area (Å²) < 4.78 is 0. The summed E-state index contributed by atoms with van der Waals surface area (Å²) in [7, 11) is 0. The van der Waals surface area contributed by atoms with E-state index in [1.54, 1.807) is 0 Å². The Morgan fingerprint density at radius 1 is 1.37 bits per heavy atom. The Morgan fingerprint density at radius 2 is 2.16 bits per heavy atom. The van der Waals surface area contributed by atoms with Crippen LogP contribution in [-0.2, 0) is 16.0 Å². The van der Waals surface area contributed by atoms with Crippen molar-refractivity contribution in [2.75, 3.05) is 18.0 Å². The third kappa shape index (κ3) is 3.22. The van der Waals surface area contributed by atoms with Gasteiger partial charge in [-0.25, -0.2) is 0 Å². The molecule has 1 aromatic carbocycles. The van der Waals surface area contributed by atoms with Gasteiger partial charge >= 0.3 is 0 Å². The molecule has 0 radical (unpaired) electrons. The average Bonchev–Trinajstić information content (AvgIpc) is 2.87. The lowest BCUT2D eigenvalue weighted by Gasteiger charge is -2.17. The molecule has 19 heavy (non-hydrogen) atoms. The third-order valence-electron chi connectivity index (χ3n) is 3.24. The van der Waals surface area contributed by atoms with Crippen molar-refractivity contribution >= 4 is 17.5 Å². The molecule has 0 spiro atoms. The molecule has 2 rings (SSSR count). The van der Waals surface area contributed by atoms with Crippen LogP contribution in [0.1, 0.15) is 18.4 Å². The molecule has 4 heteroatoms. The molecule has 0 bridgehead atoms. The Bertz CT molecular complexity index is 497. The van der Waals surface area contributed by atoms with Crippen LogP contribution in [-0.4, -0.2) is 24.9 Å². The lowest BCUT2D eigenvalue weighted by atomic mass is 10.2. The predicted octanol–water partition coefficient (Wildman–Crippen LogP) is 1.66. The number of nitrogens with one attached hydrogen (secondary N) is 1. The minimum Gasteiger partial charge on any atom is -0.353 e. The number of carbonyl (C=O) groups is 2. The Balaban J connectivity index is 1.82. The van der Waals surface area contributed by atoms with E-state index in [2.05, 4.69) is 18.0 Å². The number of rotatable bonds is 5. The Morgan fingerprint density at radius 3 is 2.95 bits per heavy atom. The zero-order valence-electron chi connectivity index (χ0n) is 10.9. The SMILES string of the molecule is C=CC(=O)NCCCC(=O)N1CCc2ccccc21. The first-order valence-electron chi connectivity index (χ1n) is 6.51. The van der Waals surface area contributed by atoms with E-state index in [9.17, 15) is 9.59 Å². The van der Waals surface area contributed by atoms with E-state index in [1.807, 2.05) is 23.1 Å². The number of amides is 2. The van der Waals surface area contributed by atoms with Crippen LogP contribution in [0.25, 0.3) is 0 Å². The number of hydrogen-bond acceptors (Lipinski definition) is 2. The van der Waals surface area contributed by atoms with E-state index in [4.69, 9.17) is 0 Å². The molecule has 1 heterocycles. The second-order valence-electron chi connectivity index (χ2n) is 4.52. The van der Waals surface area contributed by atoms with Gasteiger partial charge in [-0.2, -0.15) is 0 Å². The molecule has 0 fully saturated rings. The van der Waals surface area contributed by atoms with E-state index in [1.165, 1.54) is 11.6 Å². The quantitative estimate of drug-likeness (QED) is 0.645. The van der Waals surface area contributed by atoms with Gasteiger partial charge in [0.1, 0.15) is 0 Å². The van der Waals surface area contributed by atoms with Crippen molar-refractivity contribution in [1.82, 2.24) is 5.32 Å². The summed E-state index contributed by atoms with van der Waals surface area (Å²) in [5.74, 6) is -0.0724. The van der Waals surface area contributed by atoms with Crippen LogP contribution in [0.4, 0.5) is 5.69 Å². The van der Waals surface area contributed by atoms with Gasteiger partial charge in [-0.3, -0.25) is 9.59 Å². The molecule has 4 nitrogen and oxygen atoms in total. The highest BCUT2D eigenvalue weighted by molar-refractivity contribution is 5.95. The first-order valence-corrected chi connectivity index (χ1v) is 6.51. The van der Waals surface area contributed by atoms with E-state index in [0.29, 0.717) is 19.4 Å². The Kier molecular flexibility index (Phi) is 4.34. The molecule has 1 aliphatic heterocycles. The number of carbonyl (C=O) groups excluding carboxylic acids is 2. The maximum absolute atomic E-state index is 12.1. The Labute approximate surface area is 113 Å².